The highest BCUT2D eigenvalue weighted by molar-refractivity contribution is 7.80. The second-order valence-corrected chi connectivity index (χ2v) is 3.37. The number of Topliss-reactive ketones (excluding diaryl/α,β-unsaturated/α-hetero) is 1. The van der Waals surface area contributed by atoms with Crippen LogP contribution in [0.1, 0.15) is 12.8 Å². The van der Waals surface area contributed by atoms with Gasteiger partial charge in [0.15, 0.2) is 5.78 Å². The third-order valence-corrected chi connectivity index (χ3v) is 2.07. The molecule has 0 fully saturated rings. The molecule has 0 atom stereocenters. The Morgan fingerprint density at radius 3 is 2.86 bits per heavy atom. The molecule has 0 bridgehead atoms. The molecule has 0 aliphatic heterocycles. The average molecular weight is 210 g/mol. The summed E-state index contributed by atoms with van der Waals surface area (Å²) in [6, 6.07) is 0. The van der Waals surface area contributed by atoms with Gasteiger partial charge in [-0.15, -0.1) is 0 Å². The zero-order chi connectivity index (χ0) is 10.6. The molecular formula is C10H10O3S. The molecule has 0 N–H and O–H groups in total. The summed E-state index contributed by atoms with van der Waals surface area (Å²) in [6.45, 7) is 0. The molecule has 0 radical (unpaired) electrons. The highest BCUT2D eigenvalue weighted by atomic mass is 32.1. The predicted octanol–water partition coefficient (Wildman–Crippen LogP) is 1.37. The van der Waals surface area contributed by atoms with E-state index in [1.165, 1.54) is 7.11 Å². The van der Waals surface area contributed by atoms with E-state index in [0.29, 0.717) is 16.9 Å². The topological polar surface area (TPSA) is 43.4 Å². The van der Waals surface area contributed by atoms with Crippen molar-refractivity contribution in [2.45, 2.75) is 12.8 Å². The smallest absolute Gasteiger partial charge is 0.313 e. The Bertz CT molecular complexity index is 339. The maximum Gasteiger partial charge on any atom is 0.313 e. The summed E-state index contributed by atoms with van der Waals surface area (Å²) in [5.74, 6) is -0.782. The number of methoxy groups -OCH3 is 1. The standard InChI is InChI=1S/C10H10O3S/c1-13-10(12)6-9(11)7-3-2-4-8(14)5-7/h2-3,5H,4,6H2,1H3. The molecule has 4 heteroatoms. The molecule has 0 saturated heterocycles. The Balaban J connectivity index is 2.65. The quantitative estimate of drug-likeness (QED) is 0.401. The fourth-order valence-electron chi connectivity index (χ4n) is 1.06. The number of thiocarbonyl (C=S) groups is 1. The number of rotatable bonds is 3. The Labute approximate surface area is 87.4 Å². The van der Waals surface area contributed by atoms with E-state index in [4.69, 9.17) is 12.2 Å². The molecule has 0 spiro atoms. The summed E-state index contributed by atoms with van der Waals surface area (Å²) in [5.41, 5.74) is 0.478. The average Bonchev–Trinajstić information content (AvgIpc) is 2.17. The van der Waals surface area contributed by atoms with Crippen LogP contribution in [0, 0.1) is 0 Å². The maximum absolute atomic E-state index is 11.4. The van der Waals surface area contributed by atoms with Gasteiger partial charge in [0.2, 0.25) is 0 Å². The lowest BCUT2D eigenvalue weighted by atomic mass is 10.0. The fourth-order valence-corrected chi connectivity index (χ4v) is 1.28. The summed E-state index contributed by atoms with van der Waals surface area (Å²) >= 11 is 4.95. The van der Waals surface area contributed by atoms with Crippen molar-refractivity contribution < 1.29 is 14.3 Å². The van der Waals surface area contributed by atoms with Crippen LogP contribution in [-0.2, 0) is 14.3 Å². The van der Waals surface area contributed by atoms with Gasteiger partial charge in [0, 0.05) is 16.9 Å². The molecule has 3 nitrogen and oxygen atoms in total. The predicted molar refractivity (Wildman–Crippen MR) is 56.1 cm³/mol. The lowest BCUT2D eigenvalue weighted by Gasteiger charge is -2.05. The highest BCUT2D eigenvalue weighted by Crippen LogP contribution is 2.11. The molecule has 0 aromatic heterocycles. The number of ketones is 1. The van der Waals surface area contributed by atoms with Crippen molar-refractivity contribution in [3.8, 4) is 0 Å². The summed E-state index contributed by atoms with van der Waals surface area (Å²) in [4.78, 5) is 23.0. The van der Waals surface area contributed by atoms with Gasteiger partial charge in [-0.2, -0.15) is 0 Å². The second-order valence-electron chi connectivity index (χ2n) is 2.85. The van der Waals surface area contributed by atoms with Crippen molar-refractivity contribution in [3.05, 3.63) is 23.8 Å². The largest absolute Gasteiger partial charge is 0.469 e. The van der Waals surface area contributed by atoms with Gasteiger partial charge in [-0.05, 0) is 6.08 Å². The van der Waals surface area contributed by atoms with Gasteiger partial charge in [0.25, 0.3) is 0 Å². The minimum absolute atomic E-state index is 0.227. The van der Waals surface area contributed by atoms with Crippen molar-refractivity contribution >= 4 is 28.8 Å². The molecule has 0 saturated carbocycles. The normalized spacial score (nSPS) is 14.9. The van der Waals surface area contributed by atoms with E-state index in [2.05, 4.69) is 4.74 Å². The van der Waals surface area contributed by atoms with E-state index in [1.54, 1.807) is 12.2 Å². The SMILES string of the molecule is COC(=O)CC(=O)C1=CC(=S)CC=C1. The van der Waals surface area contributed by atoms with Gasteiger partial charge < -0.3 is 4.74 Å². The molecule has 0 heterocycles. The van der Waals surface area contributed by atoms with Crippen molar-refractivity contribution in [2.75, 3.05) is 7.11 Å². The zero-order valence-electron chi connectivity index (χ0n) is 7.78. The lowest BCUT2D eigenvalue weighted by Crippen LogP contribution is -2.12. The summed E-state index contributed by atoms with van der Waals surface area (Å²) in [7, 11) is 1.26. The number of hydrogen-bond acceptors (Lipinski definition) is 4. The van der Waals surface area contributed by atoms with Crippen LogP contribution in [0.15, 0.2) is 23.8 Å². The molecular weight excluding hydrogens is 200 g/mol. The van der Waals surface area contributed by atoms with Gasteiger partial charge in [0.05, 0.1) is 7.11 Å². The van der Waals surface area contributed by atoms with Gasteiger partial charge in [-0.1, -0.05) is 24.4 Å². The van der Waals surface area contributed by atoms with Gasteiger partial charge in [0.1, 0.15) is 6.42 Å². The first kappa shape index (κ1) is 10.8. The molecule has 1 rings (SSSR count). The Hall–Kier alpha value is -1.29. The number of carbonyl (C=O) groups excluding carboxylic acids is 2. The number of ether oxygens (including phenoxy) is 1. The highest BCUT2D eigenvalue weighted by Gasteiger charge is 2.14. The van der Waals surface area contributed by atoms with E-state index in [-0.39, 0.29) is 12.2 Å². The van der Waals surface area contributed by atoms with Gasteiger partial charge >= 0.3 is 5.97 Å². The summed E-state index contributed by atoms with van der Waals surface area (Å²) in [6.07, 6.45) is 5.58. The van der Waals surface area contributed by atoms with Crippen LogP contribution in [-0.4, -0.2) is 23.7 Å². The minimum Gasteiger partial charge on any atom is -0.469 e. The molecule has 74 valence electrons. The van der Waals surface area contributed by atoms with Crippen LogP contribution in [0.3, 0.4) is 0 Å². The van der Waals surface area contributed by atoms with E-state index in [0.717, 1.165) is 0 Å². The van der Waals surface area contributed by atoms with Crippen LogP contribution in [0.25, 0.3) is 0 Å². The summed E-state index contributed by atoms with van der Waals surface area (Å²) < 4.78 is 4.39. The molecule has 1 aliphatic carbocycles. The number of carbonyl (C=O) groups is 2. The zero-order valence-corrected chi connectivity index (χ0v) is 8.60. The Morgan fingerprint density at radius 2 is 2.29 bits per heavy atom. The number of hydrogen-bond donors (Lipinski definition) is 0. The molecule has 14 heavy (non-hydrogen) atoms. The Morgan fingerprint density at radius 1 is 1.57 bits per heavy atom. The van der Waals surface area contributed by atoms with Gasteiger partial charge in [-0.3, -0.25) is 9.59 Å². The van der Waals surface area contributed by atoms with Crippen LogP contribution in [0.5, 0.6) is 0 Å². The lowest BCUT2D eigenvalue weighted by molar-refractivity contribution is -0.142. The van der Waals surface area contributed by atoms with Crippen LogP contribution in [0.2, 0.25) is 0 Å². The summed E-state index contributed by atoms with van der Waals surface area (Å²) in [5, 5.41) is 0. The Kier molecular flexibility index (Phi) is 3.71. The van der Waals surface area contributed by atoms with E-state index in [1.807, 2.05) is 6.08 Å². The molecule has 0 aromatic carbocycles. The van der Waals surface area contributed by atoms with Crippen molar-refractivity contribution in [3.63, 3.8) is 0 Å². The molecule has 0 amide bonds. The minimum atomic E-state index is -0.527. The number of esters is 1. The fraction of sp³-hybridized carbons (Fsp3) is 0.300. The third-order valence-electron chi connectivity index (χ3n) is 1.79. The first-order valence-corrected chi connectivity index (χ1v) is 4.55. The van der Waals surface area contributed by atoms with E-state index in [9.17, 15) is 9.59 Å². The third kappa shape index (κ3) is 2.88. The van der Waals surface area contributed by atoms with Crippen LogP contribution in [0.4, 0.5) is 0 Å². The monoisotopic (exact) mass is 210 g/mol. The van der Waals surface area contributed by atoms with E-state index >= 15 is 0 Å². The molecule has 0 unspecified atom stereocenters. The first-order valence-electron chi connectivity index (χ1n) is 4.14. The van der Waals surface area contributed by atoms with Crippen LogP contribution >= 0.6 is 12.2 Å². The molecule has 1 aliphatic rings. The van der Waals surface area contributed by atoms with Crippen LogP contribution < -0.4 is 0 Å². The number of allylic oxidation sites excluding steroid dienone is 4. The van der Waals surface area contributed by atoms with Gasteiger partial charge in [-0.25, -0.2) is 0 Å². The van der Waals surface area contributed by atoms with E-state index < -0.39 is 5.97 Å². The maximum atomic E-state index is 11.4. The van der Waals surface area contributed by atoms with Crippen molar-refractivity contribution in [2.24, 2.45) is 0 Å². The first-order chi connectivity index (χ1) is 6.63. The van der Waals surface area contributed by atoms with Crippen molar-refractivity contribution in [1.82, 2.24) is 0 Å². The second kappa shape index (κ2) is 4.81. The molecule has 0 aromatic rings. The van der Waals surface area contributed by atoms with Crippen molar-refractivity contribution in [1.29, 1.82) is 0 Å².